The van der Waals surface area contributed by atoms with Gasteiger partial charge in [0.2, 0.25) is 5.91 Å². The van der Waals surface area contributed by atoms with Gasteiger partial charge in [0.15, 0.2) is 0 Å². The van der Waals surface area contributed by atoms with E-state index in [1.165, 1.54) is 6.07 Å². The molecule has 0 saturated carbocycles. The van der Waals surface area contributed by atoms with Crippen LogP contribution in [0.2, 0.25) is 5.02 Å². The minimum absolute atomic E-state index is 0.0635. The maximum Gasteiger partial charge on any atom is 0.416 e. The maximum absolute atomic E-state index is 12.9. The van der Waals surface area contributed by atoms with Crippen LogP contribution < -0.4 is 16.0 Å². The monoisotopic (exact) mass is 580 g/mol. The molecule has 2 saturated heterocycles. The van der Waals surface area contributed by atoms with Gasteiger partial charge in [-0.25, -0.2) is 4.79 Å². The molecule has 2 aliphatic heterocycles. The number of hydrogen-bond acceptors (Lipinski definition) is 5. The van der Waals surface area contributed by atoms with E-state index < -0.39 is 17.6 Å². The molecule has 40 heavy (non-hydrogen) atoms. The predicted molar refractivity (Wildman–Crippen MR) is 145 cm³/mol. The van der Waals surface area contributed by atoms with Gasteiger partial charge in [-0.15, -0.1) is 0 Å². The van der Waals surface area contributed by atoms with E-state index in [9.17, 15) is 27.6 Å². The number of carbonyl (C=O) groups is 3. The third kappa shape index (κ3) is 8.57. The molecule has 0 unspecified atom stereocenters. The standard InChI is InChI=1S/C27H32ClF3N6O3/c28-21-4-6-22(7-5-21)34-26(40)37-14-12-35(13-15-37)10-11-36-9-8-23(18-36)33-24(38)17-32-25(39)19-2-1-3-20(16-19)27(29,30)31/h1-7,16,23H,8-15,17-18H2,(H,32,39)(H,33,38)(H,34,40)/t23-/m1/s1. The van der Waals surface area contributed by atoms with Crippen LogP contribution in [0.1, 0.15) is 22.3 Å². The second-order valence-electron chi connectivity index (χ2n) is 9.88. The molecule has 2 fully saturated rings. The van der Waals surface area contributed by atoms with Gasteiger partial charge in [-0.05, 0) is 48.9 Å². The second-order valence-corrected chi connectivity index (χ2v) is 10.3. The lowest BCUT2D eigenvalue weighted by Crippen LogP contribution is -2.51. The van der Waals surface area contributed by atoms with Crippen molar-refractivity contribution < 1.29 is 27.6 Å². The molecule has 1 atom stereocenters. The van der Waals surface area contributed by atoms with Gasteiger partial charge < -0.3 is 20.9 Å². The van der Waals surface area contributed by atoms with Gasteiger partial charge in [-0.2, -0.15) is 13.2 Å². The van der Waals surface area contributed by atoms with Crippen molar-refractivity contribution in [3.05, 3.63) is 64.7 Å². The summed E-state index contributed by atoms with van der Waals surface area (Å²) in [6, 6.07) is 10.9. The zero-order chi connectivity index (χ0) is 28.7. The minimum Gasteiger partial charge on any atom is -0.350 e. The summed E-state index contributed by atoms with van der Waals surface area (Å²) < 4.78 is 38.6. The van der Waals surface area contributed by atoms with E-state index in [4.69, 9.17) is 11.6 Å². The Kier molecular flexibility index (Phi) is 9.88. The van der Waals surface area contributed by atoms with Crippen LogP contribution >= 0.6 is 11.6 Å². The van der Waals surface area contributed by atoms with Gasteiger partial charge in [-0.1, -0.05) is 17.7 Å². The zero-order valence-electron chi connectivity index (χ0n) is 21.8. The third-order valence-corrected chi connectivity index (χ3v) is 7.24. The molecular formula is C27H32ClF3N6O3. The van der Waals surface area contributed by atoms with Crippen LogP contribution in [0, 0.1) is 0 Å². The van der Waals surface area contributed by atoms with Crippen molar-refractivity contribution in [3.63, 3.8) is 0 Å². The summed E-state index contributed by atoms with van der Waals surface area (Å²) in [6.07, 6.45) is -3.78. The summed E-state index contributed by atoms with van der Waals surface area (Å²) in [4.78, 5) is 43.4. The van der Waals surface area contributed by atoms with Gasteiger partial charge >= 0.3 is 12.2 Å². The highest BCUT2D eigenvalue weighted by atomic mass is 35.5. The Balaban J connectivity index is 1.11. The molecule has 4 rings (SSSR count). The van der Waals surface area contributed by atoms with Crippen LogP contribution in [0.15, 0.2) is 48.5 Å². The van der Waals surface area contributed by atoms with E-state index >= 15 is 0 Å². The summed E-state index contributed by atoms with van der Waals surface area (Å²) >= 11 is 5.89. The van der Waals surface area contributed by atoms with Crippen molar-refractivity contribution in [2.75, 3.05) is 64.2 Å². The molecule has 0 bridgehead atoms. The van der Waals surface area contributed by atoms with Gasteiger partial charge in [-0.3, -0.25) is 19.4 Å². The highest BCUT2D eigenvalue weighted by molar-refractivity contribution is 6.30. The van der Waals surface area contributed by atoms with Crippen molar-refractivity contribution in [1.82, 2.24) is 25.3 Å². The molecule has 2 aliphatic rings. The van der Waals surface area contributed by atoms with Crippen LogP contribution in [-0.4, -0.2) is 97.5 Å². The lowest BCUT2D eigenvalue weighted by Gasteiger charge is -2.35. The number of benzene rings is 2. The molecule has 0 spiro atoms. The molecule has 216 valence electrons. The fraction of sp³-hybridized carbons (Fsp3) is 0.444. The van der Waals surface area contributed by atoms with E-state index in [1.807, 2.05) is 0 Å². The fourth-order valence-electron chi connectivity index (χ4n) is 4.72. The molecule has 4 amide bonds. The van der Waals surface area contributed by atoms with Crippen LogP contribution in [0.4, 0.5) is 23.7 Å². The topological polar surface area (TPSA) is 97.0 Å². The normalized spacial score (nSPS) is 18.4. The molecular weight excluding hydrogens is 549 g/mol. The Morgan fingerprint density at radius 2 is 1.62 bits per heavy atom. The van der Waals surface area contributed by atoms with Gasteiger partial charge in [0.1, 0.15) is 0 Å². The maximum atomic E-state index is 12.9. The summed E-state index contributed by atoms with van der Waals surface area (Å²) in [6.45, 7) is 5.66. The number of hydrogen-bond donors (Lipinski definition) is 3. The second kappa shape index (κ2) is 13.3. The molecule has 13 heteroatoms. The number of alkyl halides is 3. The SMILES string of the molecule is O=C(CNC(=O)c1cccc(C(F)(F)F)c1)N[C@@H]1CCN(CCN2CCN(C(=O)Nc3ccc(Cl)cc3)CC2)C1. The first kappa shape index (κ1) is 29.6. The van der Waals surface area contributed by atoms with Crippen LogP contribution in [0.25, 0.3) is 0 Å². The number of amides is 4. The molecule has 0 aromatic heterocycles. The molecule has 0 radical (unpaired) electrons. The van der Waals surface area contributed by atoms with Crippen molar-refractivity contribution >= 4 is 35.1 Å². The van der Waals surface area contributed by atoms with Crippen molar-refractivity contribution in [1.29, 1.82) is 0 Å². The smallest absolute Gasteiger partial charge is 0.350 e. The lowest BCUT2D eigenvalue weighted by atomic mass is 10.1. The Hall–Kier alpha value is -3.35. The molecule has 9 nitrogen and oxygen atoms in total. The van der Waals surface area contributed by atoms with Crippen molar-refractivity contribution in [3.8, 4) is 0 Å². The summed E-state index contributed by atoms with van der Waals surface area (Å²) in [7, 11) is 0. The lowest BCUT2D eigenvalue weighted by molar-refractivity contribution is -0.137. The summed E-state index contributed by atoms with van der Waals surface area (Å²) in [5.41, 5.74) is -0.375. The average Bonchev–Trinajstić information content (AvgIpc) is 3.38. The van der Waals surface area contributed by atoms with E-state index in [1.54, 1.807) is 29.2 Å². The number of anilines is 1. The Morgan fingerprint density at radius 3 is 2.33 bits per heavy atom. The number of rotatable bonds is 8. The average molecular weight is 581 g/mol. The van der Waals surface area contributed by atoms with Gasteiger partial charge in [0, 0.05) is 74.7 Å². The van der Waals surface area contributed by atoms with E-state index in [-0.39, 0.29) is 30.1 Å². The minimum atomic E-state index is -4.55. The van der Waals surface area contributed by atoms with E-state index in [0.29, 0.717) is 30.3 Å². The Morgan fingerprint density at radius 1 is 0.925 bits per heavy atom. The van der Waals surface area contributed by atoms with Crippen LogP contribution in [0.5, 0.6) is 0 Å². The first-order valence-electron chi connectivity index (χ1n) is 13.1. The number of halogens is 4. The number of carbonyl (C=O) groups excluding carboxylic acids is 3. The number of nitrogens with one attached hydrogen (secondary N) is 3. The quantitative estimate of drug-likeness (QED) is 0.446. The Labute approximate surface area is 235 Å². The zero-order valence-corrected chi connectivity index (χ0v) is 22.6. The molecule has 3 N–H and O–H groups in total. The third-order valence-electron chi connectivity index (χ3n) is 6.99. The number of piperazine rings is 1. The van der Waals surface area contributed by atoms with Crippen molar-refractivity contribution in [2.45, 2.75) is 18.6 Å². The van der Waals surface area contributed by atoms with Crippen molar-refractivity contribution in [2.24, 2.45) is 0 Å². The summed E-state index contributed by atoms with van der Waals surface area (Å²) in [5, 5.41) is 8.76. The number of nitrogens with zero attached hydrogens (tertiary/aromatic N) is 3. The highest BCUT2D eigenvalue weighted by Gasteiger charge is 2.31. The van der Waals surface area contributed by atoms with Crippen LogP contribution in [-0.2, 0) is 11.0 Å². The molecule has 2 aromatic carbocycles. The van der Waals surface area contributed by atoms with Crippen LogP contribution in [0.3, 0.4) is 0 Å². The fourth-order valence-corrected chi connectivity index (χ4v) is 4.85. The molecule has 2 heterocycles. The number of urea groups is 1. The Bertz CT molecular complexity index is 1190. The first-order chi connectivity index (χ1) is 19.1. The van der Waals surface area contributed by atoms with Gasteiger partial charge in [0.05, 0.1) is 12.1 Å². The van der Waals surface area contributed by atoms with E-state index in [2.05, 4.69) is 25.8 Å². The van der Waals surface area contributed by atoms with Gasteiger partial charge in [0.25, 0.3) is 5.91 Å². The largest absolute Gasteiger partial charge is 0.416 e. The molecule has 2 aromatic rings. The first-order valence-corrected chi connectivity index (χ1v) is 13.5. The highest BCUT2D eigenvalue weighted by Crippen LogP contribution is 2.29. The molecule has 0 aliphatic carbocycles. The predicted octanol–water partition coefficient (Wildman–Crippen LogP) is 3.13. The number of likely N-dealkylation sites (tertiary alicyclic amines) is 1. The summed E-state index contributed by atoms with van der Waals surface area (Å²) in [5.74, 6) is -1.13. The van der Waals surface area contributed by atoms with E-state index in [0.717, 1.165) is 57.3 Å².